The molecule has 0 bridgehead atoms. The molecule has 0 aliphatic heterocycles. The minimum atomic E-state index is 0.155. The lowest BCUT2D eigenvalue weighted by Gasteiger charge is -2.13. The predicted molar refractivity (Wildman–Crippen MR) is 67.3 cm³/mol. The fraction of sp³-hybridized carbons (Fsp3) is 0.538. The average Bonchev–Trinajstić information content (AvgIpc) is 2.85. The maximum atomic E-state index is 4.30. The van der Waals surface area contributed by atoms with Gasteiger partial charge in [-0.15, -0.1) is 9.78 Å². The molecule has 2 heterocycles. The molecule has 0 aliphatic rings. The van der Waals surface area contributed by atoms with Crippen LogP contribution in [0.2, 0.25) is 0 Å². The van der Waals surface area contributed by atoms with Crippen LogP contribution in [0, 0.1) is 0 Å². The lowest BCUT2D eigenvalue weighted by molar-refractivity contribution is -0.659. The second-order valence-corrected chi connectivity index (χ2v) is 5.81. The van der Waals surface area contributed by atoms with E-state index in [9.17, 15) is 0 Å². The molecule has 2 rings (SSSR count). The third-order valence-electron chi connectivity index (χ3n) is 2.93. The molecular weight excluding hydrogens is 212 g/mol. The van der Waals surface area contributed by atoms with Crippen LogP contribution < -0.4 is 4.68 Å². The lowest BCUT2D eigenvalue weighted by atomic mass is 9.90. The smallest absolute Gasteiger partial charge is 0.231 e. The van der Waals surface area contributed by atoms with E-state index >= 15 is 0 Å². The molecule has 2 aromatic rings. The fourth-order valence-corrected chi connectivity index (χ4v) is 1.65. The number of aromatic nitrogens is 4. The van der Waals surface area contributed by atoms with Gasteiger partial charge in [-0.2, -0.15) is 0 Å². The molecule has 0 aromatic carbocycles. The van der Waals surface area contributed by atoms with E-state index in [2.05, 4.69) is 62.2 Å². The van der Waals surface area contributed by atoms with Crippen molar-refractivity contribution in [3.05, 3.63) is 29.7 Å². The van der Waals surface area contributed by atoms with Gasteiger partial charge in [0.2, 0.25) is 0 Å². The Labute approximate surface area is 102 Å². The molecular formula is C13H21N4+. The Hall–Kier alpha value is -1.58. The van der Waals surface area contributed by atoms with Gasteiger partial charge >= 0.3 is 5.82 Å². The minimum absolute atomic E-state index is 0.155. The average molecular weight is 233 g/mol. The van der Waals surface area contributed by atoms with Crippen LogP contribution in [0.1, 0.15) is 51.8 Å². The molecule has 2 aromatic heterocycles. The van der Waals surface area contributed by atoms with Gasteiger partial charge in [-0.25, -0.2) is 5.10 Å². The molecule has 92 valence electrons. The predicted octanol–water partition coefficient (Wildman–Crippen LogP) is 2.44. The van der Waals surface area contributed by atoms with Gasteiger partial charge < -0.3 is 0 Å². The van der Waals surface area contributed by atoms with E-state index in [4.69, 9.17) is 0 Å². The molecule has 0 saturated carbocycles. The van der Waals surface area contributed by atoms with Crippen LogP contribution in [0.15, 0.2) is 18.5 Å². The Morgan fingerprint density at radius 1 is 1.29 bits per heavy atom. The molecule has 4 nitrogen and oxygen atoms in total. The molecule has 2 N–H and O–H groups in total. The molecule has 4 heteroatoms. The third-order valence-corrected chi connectivity index (χ3v) is 2.93. The van der Waals surface area contributed by atoms with Gasteiger partial charge in [0.15, 0.2) is 0 Å². The summed E-state index contributed by atoms with van der Waals surface area (Å²) in [5.74, 6) is 1.42. The zero-order valence-electron chi connectivity index (χ0n) is 11.2. The van der Waals surface area contributed by atoms with Crippen molar-refractivity contribution in [1.82, 2.24) is 15.3 Å². The molecule has 0 amide bonds. The van der Waals surface area contributed by atoms with Gasteiger partial charge in [-0.3, -0.25) is 0 Å². The molecule has 0 saturated heterocycles. The Morgan fingerprint density at radius 2 is 2.00 bits per heavy atom. The summed E-state index contributed by atoms with van der Waals surface area (Å²) in [5, 5.41) is 10.6. The van der Waals surface area contributed by atoms with E-state index < -0.39 is 0 Å². The summed E-state index contributed by atoms with van der Waals surface area (Å²) < 4.78 is 1.97. The minimum Gasteiger partial charge on any atom is -0.231 e. The Kier molecular flexibility index (Phi) is 2.81. The number of H-pyrrole nitrogens is 2. The normalized spacial score (nSPS) is 12.4. The highest BCUT2D eigenvalue weighted by Gasteiger charge is 2.20. The van der Waals surface area contributed by atoms with E-state index in [1.165, 1.54) is 5.56 Å². The van der Waals surface area contributed by atoms with E-state index in [0.29, 0.717) is 5.92 Å². The van der Waals surface area contributed by atoms with Crippen LogP contribution in [0.4, 0.5) is 0 Å². The standard InChI is InChI=1S/C13H20N4/c1-9(2)11-6-12(16-15-11)17-8-10(7-14-17)13(3,4)5/h6-9H,1-5H3,(H,15,16)/p+1. The zero-order valence-corrected chi connectivity index (χ0v) is 11.2. The van der Waals surface area contributed by atoms with Crippen molar-refractivity contribution in [2.45, 2.75) is 46.0 Å². The summed E-state index contributed by atoms with van der Waals surface area (Å²) in [6, 6.07) is 2.08. The van der Waals surface area contributed by atoms with Crippen molar-refractivity contribution in [2.24, 2.45) is 0 Å². The number of nitrogens with one attached hydrogen (secondary N) is 2. The van der Waals surface area contributed by atoms with Gasteiger partial charge in [0.1, 0.15) is 6.20 Å². The highest BCUT2D eigenvalue weighted by Crippen LogP contribution is 2.20. The first-order chi connectivity index (χ1) is 7.88. The van der Waals surface area contributed by atoms with E-state index in [1.54, 1.807) is 0 Å². The second kappa shape index (κ2) is 4.02. The molecule has 0 radical (unpaired) electrons. The first kappa shape index (κ1) is 11.9. The van der Waals surface area contributed by atoms with Crippen LogP contribution in [-0.2, 0) is 5.41 Å². The van der Waals surface area contributed by atoms with Gasteiger partial charge in [0.05, 0.1) is 11.8 Å². The topological polar surface area (TPSA) is 48.3 Å². The third kappa shape index (κ3) is 2.40. The monoisotopic (exact) mass is 233 g/mol. The van der Waals surface area contributed by atoms with E-state index in [0.717, 1.165) is 11.5 Å². The number of hydrogen-bond acceptors (Lipinski definition) is 1. The quantitative estimate of drug-likeness (QED) is 0.769. The van der Waals surface area contributed by atoms with E-state index in [1.807, 2.05) is 10.9 Å². The Balaban J connectivity index is 2.31. The van der Waals surface area contributed by atoms with Crippen molar-refractivity contribution in [3.63, 3.8) is 0 Å². The summed E-state index contributed by atoms with van der Waals surface area (Å²) in [4.78, 5) is 0. The number of aromatic amines is 2. The highest BCUT2D eigenvalue weighted by atomic mass is 15.3. The maximum Gasteiger partial charge on any atom is 0.325 e. The van der Waals surface area contributed by atoms with Crippen molar-refractivity contribution >= 4 is 0 Å². The van der Waals surface area contributed by atoms with Crippen LogP contribution >= 0.6 is 0 Å². The van der Waals surface area contributed by atoms with Gasteiger partial charge in [-0.05, 0) is 11.3 Å². The van der Waals surface area contributed by atoms with E-state index in [-0.39, 0.29) is 5.41 Å². The fourth-order valence-electron chi connectivity index (χ4n) is 1.65. The summed E-state index contributed by atoms with van der Waals surface area (Å²) in [5.41, 5.74) is 2.51. The molecule has 0 aliphatic carbocycles. The van der Waals surface area contributed by atoms with Crippen molar-refractivity contribution < 1.29 is 4.68 Å². The molecule has 0 unspecified atom stereocenters. The lowest BCUT2D eigenvalue weighted by Crippen LogP contribution is -2.32. The Morgan fingerprint density at radius 3 is 2.47 bits per heavy atom. The number of hydrogen-bond donors (Lipinski definition) is 2. The van der Waals surface area contributed by atoms with Crippen LogP contribution in [0.3, 0.4) is 0 Å². The zero-order chi connectivity index (χ0) is 12.6. The van der Waals surface area contributed by atoms with Crippen LogP contribution in [-0.4, -0.2) is 15.3 Å². The van der Waals surface area contributed by atoms with Crippen LogP contribution in [0.25, 0.3) is 5.82 Å². The van der Waals surface area contributed by atoms with Gasteiger partial charge in [-0.1, -0.05) is 39.7 Å². The molecule has 0 spiro atoms. The first-order valence-corrected chi connectivity index (χ1v) is 6.04. The largest absolute Gasteiger partial charge is 0.325 e. The molecule has 17 heavy (non-hydrogen) atoms. The summed E-state index contributed by atoms with van der Waals surface area (Å²) >= 11 is 0. The van der Waals surface area contributed by atoms with Crippen molar-refractivity contribution in [3.8, 4) is 5.82 Å². The highest BCUT2D eigenvalue weighted by molar-refractivity contribution is 5.18. The first-order valence-electron chi connectivity index (χ1n) is 6.04. The summed E-state index contributed by atoms with van der Waals surface area (Å²) in [6.45, 7) is 10.9. The SMILES string of the molecule is CC(C)c1cc(-[n+]2cc(C(C)(C)C)c[nH]2)[nH]n1. The maximum absolute atomic E-state index is 4.30. The second-order valence-electron chi connectivity index (χ2n) is 5.81. The van der Waals surface area contributed by atoms with Crippen molar-refractivity contribution in [2.75, 3.05) is 0 Å². The van der Waals surface area contributed by atoms with Gasteiger partial charge in [0, 0.05) is 11.8 Å². The number of nitrogens with zero attached hydrogens (tertiary/aromatic N) is 2. The number of rotatable bonds is 2. The molecule has 0 atom stereocenters. The molecule has 0 fully saturated rings. The van der Waals surface area contributed by atoms with Gasteiger partial charge in [0.25, 0.3) is 0 Å². The summed E-state index contributed by atoms with van der Waals surface area (Å²) in [6.07, 6.45) is 4.15. The summed E-state index contributed by atoms with van der Waals surface area (Å²) in [7, 11) is 0. The van der Waals surface area contributed by atoms with Crippen LogP contribution in [0.5, 0.6) is 0 Å². The Bertz CT molecular complexity index is 499. The van der Waals surface area contributed by atoms with Crippen molar-refractivity contribution in [1.29, 1.82) is 0 Å².